The van der Waals surface area contributed by atoms with Crippen molar-refractivity contribution < 1.29 is 67.3 Å². The third-order valence-corrected chi connectivity index (χ3v) is 19.3. The van der Waals surface area contributed by atoms with E-state index in [1.54, 1.807) is 63.4 Å². The first-order valence-electron chi connectivity index (χ1n) is 33.3. The first kappa shape index (κ1) is 79.4. The maximum absolute atomic E-state index is 14.8. The molecule has 0 spiro atoms. The van der Waals surface area contributed by atoms with Crippen LogP contribution in [0.25, 0.3) is 0 Å². The topological polar surface area (TPSA) is 338 Å². The number of thiazole rings is 1. The van der Waals surface area contributed by atoms with Crippen molar-refractivity contribution in [3.63, 3.8) is 0 Å². The molecule has 7 amide bonds. The number of likely N-dealkylation sites (tertiary alicyclic amines) is 1. The van der Waals surface area contributed by atoms with Gasteiger partial charge in [0, 0.05) is 107 Å². The highest BCUT2D eigenvalue weighted by atomic mass is 32.1. The number of aromatic nitrogens is 1. The summed E-state index contributed by atoms with van der Waals surface area (Å²) in [6.45, 7) is 16.2. The average Bonchev–Trinajstić information content (AvgIpc) is 1.39. The lowest BCUT2D eigenvalue weighted by Crippen LogP contribution is -2.55. The highest BCUT2D eigenvalue weighted by Gasteiger charge is 2.44. The number of methoxy groups -OCH3 is 2. The number of nitrogens with two attached hydrogens (primary N) is 2. The van der Waals surface area contributed by atoms with Crippen LogP contribution in [0.4, 0.5) is 15.3 Å². The third kappa shape index (κ3) is 24.7. The number of aliphatic hydroxyl groups excluding tert-OH is 1. The number of hydrogen-bond acceptors (Lipinski definition) is 17. The minimum atomic E-state index is -1.48. The normalized spacial score (nSPS) is 16.5. The number of alkyl carbamates (subject to hydrolysis) is 1. The van der Waals surface area contributed by atoms with Crippen molar-refractivity contribution in [1.82, 2.24) is 30.7 Å². The van der Waals surface area contributed by atoms with E-state index >= 15 is 0 Å². The van der Waals surface area contributed by atoms with Gasteiger partial charge in [0.05, 0.1) is 47.3 Å². The van der Waals surface area contributed by atoms with Gasteiger partial charge in [0.2, 0.25) is 23.6 Å². The van der Waals surface area contributed by atoms with Crippen LogP contribution in [0.5, 0.6) is 0 Å². The highest BCUT2D eigenvalue weighted by molar-refractivity contribution is 7.09. The summed E-state index contributed by atoms with van der Waals surface area (Å²) in [6.07, 6.45) is 3.79. The molecule has 23 nitrogen and oxygen atoms in total. The molecule has 0 saturated carbocycles. The smallest absolute Gasteiger partial charge is 0.408 e. The molecule has 11 atom stereocenters. The number of nitrogens with zero attached hydrogens (tertiary/aromatic N) is 3. The second-order valence-corrected chi connectivity index (χ2v) is 27.3. The fraction of sp³-hybridized carbons (Fsp3) is 0.643. The zero-order valence-electron chi connectivity index (χ0n) is 57.5. The van der Waals surface area contributed by atoms with Gasteiger partial charge in [-0.25, -0.2) is 14.6 Å². The first-order valence-corrected chi connectivity index (χ1v) is 34.1. The van der Waals surface area contributed by atoms with Crippen molar-refractivity contribution >= 4 is 75.9 Å². The van der Waals surface area contributed by atoms with Crippen LogP contribution in [0.2, 0.25) is 0 Å². The van der Waals surface area contributed by atoms with E-state index in [1.807, 2.05) is 63.1 Å². The SMILES string of the molecule is CC[C@H](C)[C@@H]([C@@H](CC(=O)N1CCC[C@H]1[C@H](OC)[C@@H](C)C(=O)C[C@@H](Cc1ccccc1)c1nccs1)OC)N(C)C(=O)[C@@H](CC(=O)C(C)(C)NC(=O)OCc1ccc(NC(=O)[C@H](CCCNC(N)=O)CC(=O)[C@@H](NC(=O)[C@H](CCCCN)CC(=O)CO)C(C)C)cc1)C(C)C. The number of aliphatic hydroxyl groups is 1. The van der Waals surface area contributed by atoms with Crippen LogP contribution < -0.4 is 32.7 Å². The molecule has 1 aliphatic rings. The minimum absolute atomic E-state index is 0.0325. The summed E-state index contributed by atoms with van der Waals surface area (Å²) < 4.78 is 17.8. The first-order chi connectivity index (χ1) is 44.6. The Morgan fingerprint density at radius 2 is 1.48 bits per heavy atom. The largest absolute Gasteiger partial charge is 0.445 e. The number of urea groups is 1. The molecule has 4 rings (SSSR count). The van der Waals surface area contributed by atoms with Gasteiger partial charge >= 0.3 is 12.1 Å². The Kier molecular flexibility index (Phi) is 33.6. The number of Topliss-reactive ketones (excluding diaryl/α,β-unsaturated/α-hetero) is 4. The molecule has 522 valence electrons. The monoisotopic (exact) mass is 1330 g/mol. The van der Waals surface area contributed by atoms with Crippen LogP contribution in [0, 0.1) is 41.4 Å². The molecule has 0 bridgehead atoms. The summed E-state index contributed by atoms with van der Waals surface area (Å²) in [5.74, 6) is -6.78. The van der Waals surface area contributed by atoms with Crippen molar-refractivity contribution in [2.24, 2.45) is 52.9 Å². The van der Waals surface area contributed by atoms with Gasteiger partial charge in [0.15, 0.2) is 17.3 Å². The Labute approximate surface area is 560 Å². The number of unbranched alkanes of at least 4 members (excludes halogenated alkanes) is 1. The molecule has 2 heterocycles. The number of rotatable bonds is 43. The Morgan fingerprint density at radius 1 is 0.809 bits per heavy atom. The van der Waals surface area contributed by atoms with Crippen LogP contribution in [0.15, 0.2) is 66.2 Å². The number of likely N-dealkylation sites (N-methyl/N-ethyl adjacent to an activating group) is 1. The molecular formula is C70H107N9O14S. The maximum atomic E-state index is 14.8. The predicted molar refractivity (Wildman–Crippen MR) is 361 cm³/mol. The lowest BCUT2D eigenvalue weighted by atomic mass is 9.83. The van der Waals surface area contributed by atoms with Crippen LogP contribution >= 0.6 is 11.3 Å². The Hall–Kier alpha value is -6.99. The lowest BCUT2D eigenvalue weighted by Gasteiger charge is -2.41. The van der Waals surface area contributed by atoms with Crippen molar-refractivity contribution in [3.8, 4) is 0 Å². The van der Waals surface area contributed by atoms with Crippen molar-refractivity contribution in [2.75, 3.05) is 52.8 Å². The fourth-order valence-corrected chi connectivity index (χ4v) is 13.2. The molecule has 94 heavy (non-hydrogen) atoms. The summed E-state index contributed by atoms with van der Waals surface area (Å²) in [6, 6.07) is 13.8. The number of anilines is 1. The molecule has 2 aromatic carbocycles. The maximum Gasteiger partial charge on any atom is 0.408 e. The molecular weight excluding hydrogens is 1220 g/mol. The van der Waals surface area contributed by atoms with Gasteiger partial charge in [-0.15, -0.1) is 11.3 Å². The number of nitrogens with one attached hydrogen (secondary N) is 4. The third-order valence-electron chi connectivity index (χ3n) is 18.3. The van der Waals surface area contributed by atoms with Crippen LogP contribution in [0.3, 0.4) is 0 Å². The molecule has 1 saturated heterocycles. The number of benzene rings is 2. The number of hydrogen-bond donors (Lipinski definition) is 7. The molecule has 9 N–H and O–H groups in total. The summed E-state index contributed by atoms with van der Waals surface area (Å²) in [4.78, 5) is 144. The Balaban J connectivity index is 1.38. The number of primary amides is 1. The Morgan fingerprint density at radius 3 is 2.06 bits per heavy atom. The van der Waals surface area contributed by atoms with E-state index in [-0.39, 0.29) is 99.0 Å². The highest BCUT2D eigenvalue weighted by Crippen LogP contribution is 2.34. The molecule has 0 aliphatic carbocycles. The zero-order valence-corrected chi connectivity index (χ0v) is 58.3. The molecule has 1 aliphatic heterocycles. The zero-order chi connectivity index (χ0) is 69.8. The van der Waals surface area contributed by atoms with Gasteiger partial charge in [0.25, 0.3) is 0 Å². The molecule has 1 fully saturated rings. The molecule has 1 aromatic heterocycles. The van der Waals surface area contributed by atoms with E-state index in [0.29, 0.717) is 69.3 Å². The number of ketones is 4. The standard InChI is InChI=1S/C70H107N9O14S/c1-13-45(6)62(58(91-11)40-60(85)79-33-20-25-55(79)63(92-12)46(7)56(82)38-51(66-73-32-34-94-66)35-47-21-15-14-16-22-47)78(10)67(88)54(43(2)3)39-59(84)70(8,9)77-69(90)93-42-48-26-28-52(29-27-48)75-64(86)50(24-19-31-74-68(72)89)37-57(83)61(44(4)5)76-65(87)49(23-17-18-30-71)36-53(81)41-80/h14-16,21-22,26-29,32,34,43-46,49-51,54-55,58,61-63,80H,13,17-20,23-25,30-31,33,35-42,71H2,1-12H3,(H,75,86)(H,76,87)(H,77,90)(H3,72,74,89)/t45-,46-,49+,50+,51+,54-,55-,58+,61-,62-,63+/m0/s1. The molecule has 3 aromatic rings. The van der Waals surface area contributed by atoms with E-state index in [4.69, 9.17) is 25.7 Å². The van der Waals surface area contributed by atoms with Gasteiger partial charge in [-0.1, -0.05) is 104 Å². The number of ether oxygens (including phenoxy) is 3. The van der Waals surface area contributed by atoms with Gasteiger partial charge in [0.1, 0.15) is 19.0 Å². The number of carbonyl (C=O) groups is 10. The van der Waals surface area contributed by atoms with E-state index < -0.39 is 101 Å². The summed E-state index contributed by atoms with van der Waals surface area (Å²) in [5, 5.41) is 23.0. The quantitative estimate of drug-likeness (QED) is 0.0263. The van der Waals surface area contributed by atoms with E-state index in [2.05, 4.69) is 38.4 Å². The molecule has 24 heteroatoms. The average molecular weight is 1330 g/mol. The fourth-order valence-electron chi connectivity index (χ4n) is 12.5. The van der Waals surface area contributed by atoms with Crippen LogP contribution in [0.1, 0.15) is 168 Å². The van der Waals surface area contributed by atoms with Crippen molar-refractivity contribution in [1.29, 1.82) is 0 Å². The Bertz CT molecular complexity index is 2910. The predicted octanol–water partition coefficient (Wildman–Crippen LogP) is 8.09. The lowest BCUT2D eigenvalue weighted by molar-refractivity contribution is -0.149. The molecule has 0 unspecified atom stereocenters. The molecule has 0 radical (unpaired) electrons. The van der Waals surface area contributed by atoms with Gasteiger partial charge in [-0.2, -0.15) is 0 Å². The van der Waals surface area contributed by atoms with Gasteiger partial charge < -0.3 is 61.9 Å². The van der Waals surface area contributed by atoms with E-state index in [1.165, 1.54) is 32.3 Å². The van der Waals surface area contributed by atoms with Crippen molar-refractivity contribution in [2.45, 2.75) is 201 Å². The van der Waals surface area contributed by atoms with Crippen LogP contribution in [-0.2, 0) is 65.6 Å². The second-order valence-electron chi connectivity index (χ2n) is 26.4. The number of amides is 7. The summed E-state index contributed by atoms with van der Waals surface area (Å²) in [5.41, 5.74) is 11.4. The van der Waals surface area contributed by atoms with Gasteiger partial charge in [-0.3, -0.25) is 38.4 Å². The number of carbonyl (C=O) groups excluding carboxylic acids is 10. The second kappa shape index (κ2) is 39.8. The van der Waals surface area contributed by atoms with Crippen molar-refractivity contribution in [3.05, 3.63) is 82.3 Å². The summed E-state index contributed by atoms with van der Waals surface area (Å²) in [7, 11) is 4.80. The summed E-state index contributed by atoms with van der Waals surface area (Å²) >= 11 is 1.53. The van der Waals surface area contributed by atoms with E-state index in [0.717, 1.165) is 17.0 Å². The minimum Gasteiger partial charge on any atom is -0.445 e. The van der Waals surface area contributed by atoms with E-state index in [9.17, 15) is 53.1 Å². The van der Waals surface area contributed by atoms with Crippen LogP contribution in [-0.4, -0.2) is 162 Å². The van der Waals surface area contributed by atoms with Gasteiger partial charge in [-0.05, 0) is 106 Å².